The van der Waals surface area contributed by atoms with E-state index < -0.39 is 11.5 Å². The van der Waals surface area contributed by atoms with Gasteiger partial charge in [-0.15, -0.1) is 0 Å². The zero-order valence-electron chi connectivity index (χ0n) is 12.7. The van der Waals surface area contributed by atoms with Crippen LogP contribution in [0.3, 0.4) is 0 Å². The van der Waals surface area contributed by atoms with Crippen molar-refractivity contribution in [3.63, 3.8) is 0 Å². The van der Waals surface area contributed by atoms with E-state index in [-0.39, 0.29) is 18.7 Å². The van der Waals surface area contributed by atoms with Gasteiger partial charge in [0, 0.05) is 32.2 Å². The Labute approximate surface area is 119 Å². The van der Waals surface area contributed by atoms with Crippen molar-refractivity contribution in [3.8, 4) is 0 Å². The van der Waals surface area contributed by atoms with Gasteiger partial charge in [-0.25, -0.2) is 9.59 Å². The van der Waals surface area contributed by atoms with Crippen molar-refractivity contribution in [2.45, 2.75) is 31.8 Å². The Hall–Kier alpha value is -1.34. The van der Waals surface area contributed by atoms with Crippen LogP contribution in [0.2, 0.25) is 0 Å². The first-order chi connectivity index (χ1) is 9.32. The number of nitrogens with one attached hydrogen (secondary N) is 1. The molecule has 1 rings (SSSR count). The first kappa shape index (κ1) is 16.7. The van der Waals surface area contributed by atoms with E-state index in [1.54, 1.807) is 4.90 Å². The molecular formula is C13H25N3O4. The molecule has 0 saturated carbocycles. The Morgan fingerprint density at radius 2 is 2.10 bits per heavy atom. The molecule has 0 aromatic rings. The first-order valence-corrected chi connectivity index (χ1v) is 6.87. The van der Waals surface area contributed by atoms with E-state index in [1.807, 2.05) is 32.8 Å². The van der Waals surface area contributed by atoms with Gasteiger partial charge in [0.25, 0.3) is 0 Å². The standard InChI is InChI=1S/C13H25N3O4/c1-5-16(10(2)8-15(3)4)12(19)14-13(11(17)18)6-7-20-9-13/h10H,5-9H2,1-4H3,(H,14,19)(H,17,18). The molecule has 1 aliphatic heterocycles. The lowest BCUT2D eigenvalue weighted by atomic mass is 9.99. The summed E-state index contributed by atoms with van der Waals surface area (Å²) in [6, 6.07) is -0.349. The lowest BCUT2D eigenvalue weighted by molar-refractivity contribution is -0.144. The summed E-state index contributed by atoms with van der Waals surface area (Å²) in [7, 11) is 3.87. The van der Waals surface area contributed by atoms with Gasteiger partial charge in [0.2, 0.25) is 0 Å². The molecule has 0 aromatic carbocycles. The highest BCUT2D eigenvalue weighted by Crippen LogP contribution is 2.19. The zero-order chi connectivity index (χ0) is 15.3. The molecule has 2 atom stereocenters. The van der Waals surface area contributed by atoms with Crippen molar-refractivity contribution in [3.05, 3.63) is 0 Å². The number of amides is 2. The third-order valence-electron chi connectivity index (χ3n) is 3.54. The monoisotopic (exact) mass is 287 g/mol. The Morgan fingerprint density at radius 3 is 2.50 bits per heavy atom. The number of nitrogens with zero attached hydrogens (tertiary/aromatic N) is 2. The Bertz CT molecular complexity index is 354. The minimum Gasteiger partial charge on any atom is -0.479 e. The molecule has 2 unspecified atom stereocenters. The molecule has 1 fully saturated rings. The number of carboxylic acid groups (broad SMARTS) is 1. The van der Waals surface area contributed by atoms with Crippen LogP contribution in [-0.2, 0) is 9.53 Å². The van der Waals surface area contributed by atoms with Gasteiger partial charge < -0.3 is 25.0 Å². The average molecular weight is 287 g/mol. The van der Waals surface area contributed by atoms with Gasteiger partial charge in [-0.05, 0) is 27.9 Å². The molecule has 2 N–H and O–H groups in total. The molecule has 0 aromatic heterocycles. The minimum atomic E-state index is -1.29. The second-order valence-electron chi connectivity index (χ2n) is 5.52. The van der Waals surface area contributed by atoms with Gasteiger partial charge in [-0.2, -0.15) is 0 Å². The van der Waals surface area contributed by atoms with Gasteiger partial charge in [-0.3, -0.25) is 0 Å². The molecule has 0 aliphatic carbocycles. The predicted octanol–water partition coefficient (Wildman–Crippen LogP) is 0.212. The van der Waals surface area contributed by atoms with Crippen LogP contribution in [0.15, 0.2) is 0 Å². The highest BCUT2D eigenvalue weighted by atomic mass is 16.5. The van der Waals surface area contributed by atoms with Gasteiger partial charge in [-0.1, -0.05) is 0 Å². The van der Waals surface area contributed by atoms with Crippen LogP contribution in [0.4, 0.5) is 4.79 Å². The van der Waals surface area contributed by atoms with Crippen molar-refractivity contribution in [1.29, 1.82) is 0 Å². The Balaban J connectivity index is 2.73. The Kier molecular flexibility index (Phi) is 5.76. The third-order valence-corrected chi connectivity index (χ3v) is 3.54. The quantitative estimate of drug-likeness (QED) is 0.730. The number of likely N-dealkylation sites (N-methyl/N-ethyl adjacent to an activating group) is 2. The summed E-state index contributed by atoms with van der Waals surface area (Å²) in [6.07, 6.45) is 0.299. The second-order valence-corrected chi connectivity index (χ2v) is 5.52. The molecule has 1 aliphatic rings. The molecule has 0 bridgehead atoms. The van der Waals surface area contributed by atoms with Crippen LogP contribution in [0, 0.1) is 0 Å². The van der Waals surface area contributed by atoms with Crippen LogP contribution in [-0.4, -0.2) is 78.9 Å². The molecule has 7 heteroatoms. The number of carboxylic acids is 1. The molecule has 20 heavy (non-hydrogen) atoms. The fraction of sp³-hybridized carbons (Fsp3) is 0.846. The number of aliphatic carboxylic acids is 1. The van der Waals surface area contributed by atoms with E-state index in [1.165, 1.54) is 0 Å². The van der Waals surface area contributed by atoms with Crippen molar-refractivity contribution >= 4 is 12.0 Å². The molecule has 1 heterocycles. The summed E-state index contributed by atoms with van der Waals surface area (Å²) >= 11 is 0. The van der Waals surface area contributed by atoms with Crippen molar-refractivity contribution in [2.75, 3.05) is 40.4 Å². The molecule has 1 saturated heterocycles. The maximum Gasteiger partial charge on any atom is 0.332 e. The SMILES string of the molecule is CCN(C(=O)NC1(C(=O)O)CCOC1)C(C)CN(C)C. The number of carbonyl (C=O) groups is 2. The normalized spacial score (nSPS) is 23.6. The molecular weight excluding hydrogens is 262 g/mol. The van der Waals surface area contributed by atoms with Crippen LogP contribution in [0.25, 0.3) is 0 Å². The van der Waals surface area contributed by atoms with E-state index in [0.717, 1.165) is 6.54 Å². The van der Waals surface area contributed by atoms with Crippen molar-refractivity contribution in [1.82, 2.24) is 15.1 Å². The smallest absolute Gasteiger partial charge is 0.332 e. The number of hydrogen-bond donors (Lipinski definition) is 2. The highest BCUT2D eigenvalue weighted by molar-refractivity contribution is 5.86. The number of hydrogen-bond acceptors (Lipinski definition) is 4. The molecule has 116 valence electrons. The van der Waals surface area contributed by atoms with Crippen molar-refractivity contribution in [2.24, 2.45) is 0 Å². The highest BCUT2D eigenvalue weighted by Gasteiger charge is 2.44. The summed E-state index contributed by atoms with van der Waals surface area (Å²) in [5.41, 5.74) is -1.29. The third kappa shape index (κ3) is 3.83. The summed E-state index contributed by atoms with van der Waals surface area (Å²) < 4.78 is 5.14. The van der Waals surface area contributed by atoms with Gasteiger partial charge in [0.1, 0.15) is 0 Å². The molecule has 0 spiro atoms. The number of urea groups is 1. The largest absolute Gasteiger partial charge is 0.479 e. The fourth-order valence-electron chi connectivity index (χ4n) is 2.44. The topological polar surface area (TPSA) is 82.1 Å². The summed E-state index contributed by atoms with van der Waals surface area (Å²) in [6.45, 7) is 5.45. The maximum absolute atomic E-state index is 12.3. The van der Waals surface area contributed by atoms with E-state index in [2.05, 4.69) is 5.32 Å². The van der Waals surface area contributed by atoms with E-state index in [0.29, 0.717) is 19.6 Å². The molecule has 7 nitrogen and oxygen atoms in total. The van der Waals surface area contributed by atoms with Gasteiger partial charge in [0.05, 0.1) is 6.61 Å². The second kappa shape index (κ2) is 6.90. The number of carbonyl (C=O) groups excluding carboxylic acids is 1. The van der Waals surface area contributed by atoms with Gasteiger partial charge in [0.15, 0.2) is 5.54 Å². The minimum absolute atomic E-state index is 0.00293. The summed E-state index contributed by atoms with van der Waals surface area (Å²) in [5.74, 6) is -1.04. The van der Waals surface area contributed by atoms with Crippen molar-refractivity contribution < 1.29 is 19.4 Å². The first-order valence-electron chi connectivity index (χ1n) is 6.87. The molecule has 0 radical (unpaired) electrons. The van der Waals surface area contributed by atoms with Gasteiger partial charge >= 0.3 is 12.0 Å². The van der Waals surface area contributed by atoms with E-state index in [9.17, 15) is 14.7 Å². The lowest BCUT2D eigenvalue weighted by Gasteiger charge is -2.33. The predicted molar refractivity (Wildman–Crippen MR) is 74.7 cm³/mol. The Morgan fingerprint density at radius 1 is 1.45 bits per heavy atom. The maximum atomic E-state index is 12.3. The number of rotatable bonds is 6. The average Bonchev–Trinajstić information content (AvgIpc) is 2.78. The molecule has 2 amide bonds. The summed E-state index contributed by atoms with van der Waals surface area (Å²) in [5, 5.41) is 12.0. The zero-order valence-corrected chi connectivity index (χ0v) is 12.7. The number of ether oxygens (including phenoxy) is 1. The van der Waals surface area contributed by atoms with Crippen LogP contribution in [0.1, 0.15) is 20.3 Å². The van der Waals surface area contributed by atoms with Crippen LogP contribution < -0.4 is 5.32 Å². The lowest BCUT2D eigenvalue weighted by Crippen LogP contribution is -2.60. The van der Waals surface area contributed by atoms with E-state index in [4.69, 9.17) is 4.74 Å². The fourth-order valence-corrected chi connectivity index (χ4v) is 2.44. The summed E-state index contributed by atoms with van der Waals surface area (Å²) in [4.78, 5) is 27.4. The van der Waals surface area contributed by atoms with Crippen LogP contribution in [0.5, 0.6) is 0 Å². The van der Waals surface area contributed by atoms with Crippen LogP contribution >= 0.6 is 0 Å². The van der Waals surface area contributed by atoms with E-state index >= 15 is 0 Å².